The molecule has 1 fully saturated rings. The average molecular weight is 194 g/mol. The molecular weight excluding hydrogens is 180 g/mol. The van der Waals surface area contributed by atoms with Crippen molar-refractivity contribution < 1.29 is 29.9 Å². The second-order valence-electron chi connectivity index (χ2n) is 2.97. The summed E-state index contributed by atoms with van der Waals surface area (Å²) in [6.07, 6.45) is -6.30. The van der Waals surface area contributed by atoms with E-state index >= 15 is 0 Å². The van der Waals surface area contributed by atoms with Crippen LogP contribution in [0, 0.1) is 0 Å². The van der Waals surface area contributed by atoms with Crippen LogP contribution < -0.4 is 0 Å². The molecule has 1 saturated heterocycles. The molecule has 0 aromatic carbocycles. The molecule has 4 N–H and O–H groups in total. The van der Waals surface area contributed by atoms with Crippen LogP contribution in [0.25, 0.3) is 0 Å². The monoisotopic (exact) mass is 194 g/mol. The predicted octanol–water partition coefficient (Wildman–Crippen LogP) is -2.57. The van der Waals surface area contributed by atoms with Gasteiger partial charge in [-0.05, 0) is 0 Å². The van der Waals surface area contributed by atoms with Crippen LogP contribution in [0.2, 0.25) is 0 Å². The van der Waals surface area contributed by atoms with E-state index in [9.17, 15) is 15.3 Å². The Morgan fingerprint density at radius 1 is 1.15 bits per heavy atom. The van der Waals surface area contributed by atoms with E-state index in [-0.39, 0.29) is 6.61 Å². The van der Waals surface area contributed by atoms with Crippen LogP contribution in [-0.4, -0.2) is 64.8 Å². The summed E-state index contributed by atoms with van der Waals surface area (Å²) in [5.41, 5.74) is 0. The van der Waals surface area contributed by atoms with Crippen molar-refractivity contribution in [1.29, 1.82) is 0 Å². The molecule has 0 radical (unpaired) electrons. The fraction of sp³-hybridized carbons (Fsp3) is 1.00. The van der Waals surface area contributed by atoms with Gasteiger partial charge in [-0.25, -0.2) is 0 Å². The summed E-state index contributed by atoms with van der Waals surface area (Å²) in [5.74, 6) is 0. The smallest absolute Gasteiger partial charge is 0.183 e. The van der Waals surface area contributed by atoms with E-state index < -0.39 is 30.7 Å². The van der Waals surface area contributed by atoms with E-state index in [2.05, 4.69) is 4.74 Å². The maximum Gasteiger partial charge on any atom is 0.183 e. The Kier molecular flexibility index (Phi) is 3.60. The molecule has 1 aliphatic rings. The minimum Gasteiger partial charge on any atom is -0.388 e. The first-order valence-corrected chi connectivity index (χ1v) is 3.94. The fourth-order valence-corrected chi connectivity index (χ4v) is 1.26. The highest BCUT2D eigenvalue weighted by Gasteiger charge is 2.39. The zero-order valence-electron chi connectivity index (χ0n) is 7.20. The number of ether oxygens (including phenoxy) is 2. The van der Waals surface area contributed by atoms with Crippen molar-refractivity contribution in [3.05, 3.63) is 0 Å². The SMILES string of the molecule is CO[C@@H]1[C@@H](O)[C@H](O)CO[C@H](O)[C@@H]1O. The molecule has 0 amide bonds. The predicted molar refractivity (Wildman–Crippen MR) is 40.8 cm³/mol. The van der Waals surface area contributed by atoms with Gasteiger partial charge in [-0.15, -0.1) is 0 Å². The summed E-state index contributed by atoms with van der Waals surface area (Å²) in [6.45, 7) is -0.237. The maximum atomic E-state index is 9.38. The summed E-state index contributed by atoms with van der Waals surface area (Å²) in [4.78, 5) is 0. The molecule has 6 nitrogen and oxygen atoms in total. The molecule has 0 spiro atoms. The van der Waals surface area contributed by atoms with E-state index in [1.807, 2.05) is 0 Å². The van der Waals surface area contributed by atoms with Crippen molar-refractivity contribution in [2.24, 2.45) is 0 Å². The van der Waals surface area contributed by atoms with Crippen LogP contribution in [0.1, 0.15) is 0 Å². The van der Waals surface area contributed by atoms with E-state index in [4.69, 9.17) is 9.84 Å². The van der Waals surface area contributed by atoms with Crippen molar-refractivity contribution in [3.8, 4) is 0 Å². The fourth-order valence-electron chi connectivity index (χ4n) is 1.26. The Labute approximate surface area is 75.3 Å². The van der Waals surface area contributed by atoms with Crippen LogP contribution in [-0.2, 0) is 9.47 Å². The number of hydrogen-bond acceptors (Lipinski definition) is 6. The second-order valence-corrected chi connectivity index (χ2v) is 2.97. The normalized spacial score (nSPS) is 47.3. The Hall–Kier alpha value is -0.240. The Bertz CT molecular complexity index is 147. The minimum absolute atomic E-state index is 0.237. The molecule has 1 rings (SSSR count). The lowest BCUT2D eigenvalue weighted by molar-refractivity contribution is -0.186. The van der Waals surface area contributed by atoms with Gasteiger partial charge in [0.1, 0.15) is 24.4 Å². The maximum absolute atomic E-state index is 9.38. The lowest BCUT2D eigenvalue weighted by Crippen LogP contribution is -2.47. The number of aliphatic hydroxyl groups is 4. The first kappa shape index (κ1) is 10.8. The summed E-state index contributed by atoms with van der Waals surface area (Å²) in [5, 5.41) is 37.1. The lowest BCUT2D eigenvalue weighted by Gasteiger charge is -2.25. The quantitative estimate of drug-likeness (QED) is 0.366. The van der Waals surface area contributed by atoms with Crippen molar-refractivity contribution in [3.63, 3.8) is 0 Å². The molecule has 0 aliphatic carbocycles. The zero-order valence-corrected chi connectivity index (χ0v) is 7.20. The number of aliphatic hydroxyl groups excluding tert-OH is 4. The number of methoxy groups -OCH3 is 1. The van der Waals surface area contributed by atoms with E-state index in [0.29, 0.717) is 0 Å². The Morgan fingerprint density at radius 3 is 2.31 bits per heavy atom. The molecule has 78 valence electrons. The van der Waals surface area contributed by atoms with E-state index in [1.165, 1.54) is 7.11 Å². The van der Waals surface area contributed by atoms with Gasteiger partial charge in [-0.3, -0.25) is 0 Å². The topological polar surface area (TPSA) is 99.4 Å². The van der Waals surface area contributed by atoms with Gasteiger partial charge in [-0.1, -0.05) is 0 Å². The molecule has 1 heterocycles. The standard InChI is InChI=1S/C7H14O6/c1-12-6-4(9)3(8)2-13-7(11)5(6)10/h3-11H,2H2,1H3/t3-,4+,5-,6-,7+/m1/s1. The Balaban J connectivity index is 2.73. The molecule has 0 saturated carbocycles. The van der Waals surface area contributed by atoms with Gasteiger partial charge in [0, 0.05) is 7.11 Å². The third-order valence-electron chi connectivity index (χ3n) is 2.07. The van der Waals surface area contributed by atoms with E-state index in [0.717, 1.165) is 0 Å². The second kappa shape index (κ2) is 4.32. The first-order valence-electron chi connectivity index (χ1n) is 3.94. The molecule has 0 aromatic rings. The summed E-state index contributed by atoms with van der Waals surface area (Å²) < 4.78 is 9.38. The van der Waals surface area contributed by atoms with Gasteiger partial charge in [0.15, 0.2) is 6.29 Å². The first-order chi connectivity index (χ1) is 6.07. The van der Waals surface area contributed by atoms with Gasteiger partial charge in [0.25, 0.3) is 0 Å². The lowest BCUT2D eigenvalue weighted by atomic mass is 10.0. The van der Waals surface area contributed by atoms with Crippen molar-refractivity contribution >= 4 is 0 Å². The highest BCUT2D eigenvalue weighted by molar-refractivity contribution is 4.86. The Morgan fingerprint density at radius 2 is 1.77 bits per heavy atom. The van der Waals surface area contributed by atoms with E-state index in [1.54, 1.807) is 0 Å². The third kappa shape index (κ3) is 2.16. The van der Waals surface area contributed by atoms with Crippen LogP contribution in [0.15, 0.2) is 0 Å². The van der Waals surface area contributed by atoms with Crippen molar-refractivity contribution in [2.75, 3.05) is 13.7 Å². The minimum atomic E-state index is -1.45. The summed E-state index contributed by atoms with van der Waals surface area (Å²) >= 11 is 0. The van der Waals surface area contributed by atoms with Crippen LogP contribution in [0.4, 0.5) is 0 Å². The highest BCUT2D eigenvalue weighted by Crippen LogP contribution is 2.17. The van der Waals surface area contributed by atoms with Gasteiger partial charge in [-0.2, -0.15) is 0 Å². The molecule has 0 unspecified atom stereocenters. The van der Waals surface area contributed by atoms with Gasteiger partial charge in [0.05, 0.1) is 6.61 Å². The van der Waals surface area contributed by atoms with Gasteiger partial charge < -0.3 is 29.9 Å². The molecule has 0 aromatic heterocycles. The van der Waals surface area contributed by atoms with Crippen molar-refractivity contribution in [1.82, 2.24) is 0 Å². The van der Waals surface area contributed by atoms with Crippen LogP contribution in [0.3, 0.4) is 0 Å². The third-order valence-corrected chi connectivity index (χ3v) is 2.07. The van der Waals surface area contributed by atoms with Crippen LogP contribution >= 0.6 is 0 Å². The van der Waals surface area contributed by atoms with Gasteiger partial charge in [0.2, 0.25) is 0 Å². The largest absolute Gasteiger partial charge is 0.388 e. The van der Waals surface area contributed by atoms with Crippen LogP contribution in [0.5, 0.6) is 0 Å². The number of hydrogen-bond donors (Lipinski definition) is 4. The highest BCUT2D eigenvalue weighted by atomic mass is 16.6. The number of rotatable bonds is 1. The molecule has 0 bridgehead atoms. The van der Waals surface area contributed by atoms with Crippen molar-refractivity contribution in [2.45, 2.75) is 30.7 Å². The average Bonchev–Trinajstić information content (AvgIpc) is 2.20. The zero-order chi connectivity index (χ0) is 10.0. The molecule has 13 heavy (non-hydrogen) atoms. The molecule has 5 atom stereocenters. The van der Waals surface area contributed by atoms with Gasteiger partial charge >= 0.3 is 0 Å². The summed E-state index contributed by atoms with van der Waals surface area (Å²) in [7, 11) is 1.27. The summed E-state index contributed by atoms with van der Waals surface area (Å²) in [6, 6.07) is 0. The molecule has 6 heteroatoms. The molecule has 1 aliphatic heterocycles. The molecular formula is C7H14O6.